The molecule has 0 aliphatic carbocycles. The molecule has 1 aliphatic rings. The molecule has 1 aromatic heterocycles. The van der Waals surface area contributed by atoms with Gasteiger partial charge in [0.25, 0.3) is 0 Å². The lowest BCUT2D eigenvalue weighted by Gasteiger charge is -2.34. The maximum atomic E-state index is 11.7. The molecule has 0 spiro atoms. The highest BCUT2D eigenvalue weighted by atomic mass is 16.6. The van der Waals surface area contributed by atoms with Crippen molar-refractivity contribution >= 4 is 23.4 Å². The minimum atomic E-state index is -0.502. The average Bonchev–Trinajstić information content (AvgIpc) is 2.59. The Balaban J connectivity index is 2.16. The van der Waals surface area contributed by atoms with Crippen molar-refractivity contribution in [2.75, 3.05) is 49.5 Å². The third-order valence-corrected chi connectivity index (χ3v) is 3.50. The number of piperazine rings is 1. The molecule has 1 aromatic rings. The Labute approximate surface area is 139 Å². The van der Waals surface area contributed by atoms with Gasteiger partial charge in [0.1, 0.15) is 6.33 Å². The highest BCUT2D eigenvalue weighted by Crippen LogP contribution is 2.32. The smallest absolute Gasteiger partial charge is 0.409 e. The molecule has 1 saturated heterocycles. The predicted octanol–water partition coefficient (Wildman–Crippen LogP) is 1.26. The van der Waals surface area contributed by atoms with Gasteiger partial charge in [0.2, 0.25) is 11.6 Å². The van der Waals surface area contributed by atoms with Gasteiger partial charge < -0.3 is 19.9 Å². The van der Waals surface area contributed by atoms with Crippen molar-refractivity contribution in [1.29, 1.82) is 0 Å². The Hall–Kier alpha value is -2.91. The van der Waals surface area contributed by atoms with Gasteiger partial charge in [0, 0.05) is 32.7 Å². The zero-order valence-corrected chi connectivity index (χ0v) is 13.5. The van der Waals surface area contributed by atoms with Crippen LogP contribution in [0.3, 0.4) is 0 Å². The highest BCUT2D eigenvalue weighted by molar-refractivity contribution is 5.71. The van der Waals surface area contributed by atoms with Crippen LogP contribution in [0.5, 0.6) is 0 Å². The van der Waals surface area contributed by atoms with Gasteiger partial charge in [-0.2, -0.15) is 0 Å². The number of carbonyl (C=O) groups excluding carboxylic acids is 1. The number of nitro groups is 1. The minimum absolute atomic E-state index is 0.151. The maximum Gasteiger partial charge on any atom is 0.409 e. The normalized spacial score (nSPS) is 14.2. The van der Waals surface area contributed by atoms with Crippen LogP contribution in [0.1, 0.15) is 6.92 Å². The first kappa shape index (κ1) is 17.4. The fourth-order valence-electron chi connectivity index (χ4n) is 2.38. The SMILES string of the molecule is C=CCNc1ncnc(N2CCN(C(=O)OCC)CC2)c1[N+](=O)[O-]. The summed E-state index contributed by atoms with van der Waals surface area (Å²) in [7, 11) is 0. The molecule has 24 heavy (non-hydrogen) atoms. The van der Waals surface area contributed by atoms with Crippen LogP contribution < -0.4 is 10.2 Å². The van der Waals surface area contributed by atoms with Crippen LogP contribution in [-0.4, -0.2) is 65.2 Å². The second kappa shape index (κ2) is 8.09. The van der Waals surface area contributed by atoms with Crippen molar-refractivity contribution in [1.82, 2.24) is 14.9 Å². The molecule has 0 atom stereocenters. The molecule has 0 aromatic carbocycles. The number of hydrogen-bond acceptors (Lipinski definition) is 8. The topological polar surface area (TPSA) is 114 Å². The van der Waals surface area contributed by atoms with Crippen LogP contribution in [-0.2, 0) is 4.74 Å². The molecular weight excluding hydrogens is 316 g/mol. The molecule has 0 bridgehead atoms. The van der Waals surface area contributed by atoms with E-state index in [1.54, 1.807) is 22.8 Å². The number of anilines is 2. The third-order valence-electron chi connectivity index (χ3n) is 3.50. The number of aromatic nitrogens is 2. The van der Waals surface area contributed by atoms with Gasteiger partial charge in [-0.05, 0) is 6.92 Å². The van der Waals surface area contributed by atoms with Crippen LogP contribution >= 0.6 is 0 Å². The molecule has 1 aliphatic heterocycles. The number of nitrogens with zero attached hydrogens (tertiary/aromatic N) is 5. The molecule has 0 radical (unpaired) electrons. The molecule has 10 heteroatoms. The molecule has 0 unspecified atom stereocenters. The van der Waals surface area contributed by atoms with E-state index in [0.29, 0.717) is 39.3 Å². The van der Waals surface area contributed by atoms with Gasteiger partial charge >= 0.3 is 11.8 Å². The zero-order valence-electron chi connectivity index (χ0n) is 13.5. The van der Waals surface area contributed by atoms with Crippen LogP contribution in [0.4, 0.5) is 22.1 Å². The van der Waals surface area contributed by atoms with E-state index >= 15 is 0 Å². The summed E-state index contributed by atoms with van der Waals surface area (Å²) in [6, 6.07) is 0. The molecule has 2 heterocycles. The first-order valence-corrected chi connectivity index (χ1v) is 7.59. The summed E-state index contributed by atoms with van der Waals surface area (Å²) < 4.78 is 4.96. The van der Waals surface area contributed by atoms with E-state index in [1.807, 2.05) is 0 Å². The predicted molar refractivity (Wildman–Crippen MR) is 88.2 cm³/mol. The number of ether oxygens (including phenoxy) is 1. The minimum Gasteiger partial charge on any atom is -0.450 e. The Morgan fingerprint density at radius 3 is 2.75 bits per heavy atom. The molecule has 1 amide bonds. The number of hydrogen-bond donors (Lipinski definition) is 1. The van der Waals surface area contributed by atoms with Crippen molar-refractivity contribution in [2.45, 2.75) is 6.92 Å². The lowest BCUT2D eigenvalue weighted by molar-refractivity contribution is -0.383. The number of nitrogens with one attached hydrogen (secondary N) is 1. The van der Waals surface area contributed by atoms with Gasteiger partial charge in [-0.1, -0.05) is 6.08 Å². The number of rotatable bonds is 6. The van der Waals surface area contributed by atoms with Crippen molar-refractivity contribution in [3.05, 3.63) is 29.1 Å². The summed E-state index contributed by atoms with van der Waals surface area (Å²) in [6.07, 6.45) is 2.50. The standard InChI is InChI=1S/C14H20N6O4/c1-3-5-15-12-11(20(22)23)13(17-10-16-12)18-6-8-19(9-7-18)14(21)24-4-2/h3,10H,1,4-9H2,2H3,(H,15,16,17). The van der Waals surface area contributed by atoms with E-state index in [-0.39, 0.29) is 23.4 Å². The monoisotopic (exact) mass is 336 g/mol. The second-order valence-electron chi connectivity index (χ2n) is 4.99. The Morgan fingerprint density at radius 2 is 2.17 bits per heavy atom. The van der Waals surface area contributed by atoms with Crippen molar-refractivity contribution < 1.29 is 14.5 Å². The fraction of sp³-hybridized carbons (Fsp3) is 0.500. The summed E-state index contributed by atoms with van der Waals surface area (Å²) >= 11 is 0. The average molecular weight is 336 g/mol. The molecule has 1 fully saturated rings. The summed E-state index contributed by atoms with van der Waals surface area (Å²) in [5.41, 5.74) is -0.177. The Kier molecular flexibility index (Phi) is 5.88. The van der Waals surface area contributed by atoms with E-state index < -0.39 is 4.92 Å². The molecule has 2 rings (SSSR count). The summed E-state index contributed by atoms with van der Waals surface area (Å²) in [5, 5.41) is 14.3. The lowest BCUT2D eigenvalue weighted by Crippen LogP contribution is -2.49. The molecule has 130 valence electrons. The van der Waals surface area contributed by atoms with E-state index in [2.05, 4.69) is 21.9 Å². The van der Waals surface area contributed by atoms with E-state index in [9.17, 15) is 14.9 Å². The van der Waals surface area contributed by atoms with E-state index in [1.165, 1.54) is 6.33 Å². The Bertz CT molecular complexity index is 615. The first-order chi connectivity index (χ1) is 11.6. The quantitative estimate of drug-likeness (QED) is 0.469. The van der Waals surface area contributed by atoms with Crippen molar-refractivity contribution in [3.8, 4) is 0 Å². The van der Waals surface area contributed by atoms with Crippen molar-refractivity contribution in [3.63, 3.8) is 0 Å². The van der Waals surface area contributed by atoms with Crippen LogP contribution in [0.25, 0.3) is 0 Å². The largest absolute Gasteiger partial charge is 0.450 e. The van der Waals surface area contributed by atoms with Gasteiger partial charge in [-0.3, -0.25) is 10.1 Å². The molecule has 10 nitrogen and oxygen atoms in total. The van der Waals surface area contributed by atoms with E-state index in [4.69, 9.17) is 4.74 Å². The van der Waals surface area contributed by atoms with Crippen LogP contribution in [0.2, 0.25) is 0 Å². The van der Waals surface area contributed by atoms with Crippen LogP contribution in [0.15, 0.2) is 19.0 Å². The summed E-state index contributed by atoms with van der Waals surface area (Å²) in [4.78, 5) is 34.0. The zero-order chi connectivity index (χ0) is 17.5. The fourth-order valence-corrected chi connectivity index (χ4v) is 2.38. The van der Waals surface area contributed by atoms with Gasteiger partial charge in [0.05, 0.1) is 11.5 Å². The number of carbonyl (C=O) groups is 1. The number of amides is 1. The molecule has 1 N–H and O–H groups in total. The molecule has 0 saturated carbocycles. The lowest BCUT2D eigenvalue weighted by atomic mass is 10.3. The maximum absolute atomic E-state index is 11.7. The van der Waals surface area contributed by atoms with Crippen molar-refractivity contribution in [2.24, 2.45) is 0 Å². The van der Waals surface area contributed by atoms with Gasteiger partial charge in [0.15, 0.2) is 0 Å². The summed E-state index contributed by atoms with van der Waals surface area (Å²) in [5.74, 6) is 0.391. The third kappa shape index (κ3) is 3.89. The highest BCUT2D eigenvalue weighted by Gasteiger charge is 2.30. The van der Waals surface area contributed by atoms with E-state index in [0.717, 1.165) is 0 Å². The first-order valence-electron chi connectivity index (χ1n) is 7.59. The Morgan fingerprint density at radius 1 is 1.46 bits per heavy atom. The van der Waals surface area contributed by atoms with Gasteiger partial charge in [-0.15, -0.1) is 6.58 Å². The summed E-state index contributed by atoms with van der Waals surface area (Å²) in [6.45, 7) is 7.66. The second-order valence-corrected chi connectivity index (χ2v) is 4.99. The van der Waals surface area contributed by atoms with Gasteiger partial charge in [-0.25, -0.2) is 14.8 Å². The van der Waals surface area contributed by atoms with Crippen LogP contribution in [0, 0.1) is 10.1 Å². The molecular formula is C14H20N6O4.